The first-order valence-electron chi connectivity index (χ1n) is 22.6. The van der Waals surface area contributed by atoms with Crippen molar-refractivity contribution in [1.82, 2.24) is 0 Å². The molecule has 0 saturated heterocycles. The number of aliphatic hydroxyl groups excluding tert-OH is 5. The van der Waals surface area contributed by atoms with Crippen LogP contribution in [0, 0.1) is 0 Å². The van der Waals surface area contributed by atoms with Crippen LogP contribution in [0.5, 0.6) is 0 Å². The summed E-state index contributed by atoms with van der Waals surface area (Å²) in [5.41, 5.74) is 0. The Labute approximate surface area is 349 Å². The van der Waals surface area contributed by atoms with Crippen LogP contribution in [0.3, 0.4) is 0 Å². The van der Waals surface area contributed by atoms with Crippen molar-refractivity contribution in [1.29, 1.82) is 0 Å². The molecule has 0 aromatic heterocycles. The van der Waals surface area contributed by atoms with Gasteiger partial charge >= 0.3 is 19.8 Å². The van der Waals surface area contributed by atoms with Gasteiger partial charge in [-0.3, -0.25) is 18.6 Å². The summed E-state index contributed by atoms with van der Waals surface area (Å²) in [5.74, 6) is -1.11. The maximum atomic E-state index is 12.8. The molecular formula is C44H81O13P. The van der Waals surface area contributed by atoms with E-state index in [1.165, 1.54) is 77.0 Å². The fraction of sp³-hybridized carbons (Fsp3) is 0.864. The second kappa shape index (κ2) is 35.0. The number of phosphoric acid groups is 1. The lowest BCUT2D eigenvalue weighted by Crippen LogP contribution is -2.64. The Kier molecular flexibility index (Phi) is 32.8. The van der Waals surface area contributed by atoms with Gasteiger partial charge in [0.15, 0.2) is 6.10 Å². The highest BCUT2D eigenvalue weighted by molar-refractivity contribution is 7.47. The standard InChI is InChI=1S/C44H81O13P/c1-3-5-7-9-11-13-15-17-19-21-23-25-27-29-31-33-38(46)56-36(35-55-58(52,53)57-44-42(50)40(48)39(47)41(49)43(44)51)34-54-37(45)32-30-28-26-24-22-20-18-16-14-12-10-8-6-4-2/h9,11,16,18,36,39-44,47-51H,3-8,10,12-15,17,19-35H2,1-2H3,(H,52,53)/b11-9+,18-16+/t36-,39?,40+,41?,42?,43?,44?/m1/s1. The van der Waals surface area contributed by atoms with E-state index in [0.717, 1.165) is 70.6 Å². The second-order valence-electron chi connectivity index (χ2n) is 15.9. The molecule has 1 rings (SSSR count). The number of phosphoric ester groups is 1. The van der Waals surface area contributed by atoms with Crippen LogP contribution in [0.1, 0.15) is 187 Å². The smallest absolute Gasteiger partial charge is 0.462 e. The molecule has 0 aliphatic heterocycles. The monoisotopic (exact) mass is 849 g/mol. The van der Waals surface area contributed by atoms with E-state index in [4.69, 9.17) is 18.5 Å². The van der Waals surface area contributed by atoms with Crippen molar-refractivity contribution in [2.45, 2.75) is 230 Å². The average Bonchev–Trinajstić information content (AvgIpc) is 3.20. The third-order valence-corrected chi connectivity index (χ3v) is 11.5. The van der Waals surface area contributed by atoms with E-state index >= 15 is 0 Å². The van der Waals surface area contributed by atoms with Crippen LogP contribution in [0.2, 0.25) is 0 Å². The number of ether oxygens (including phenoxy) is 2. The third-order valence-electron chi connectivity index (χ3n) is 10.5. The molecule has 0 aromatic carbocycles. The molecule has 6 N–H and O–H groups in total. The highest BCUT2D eigenvalue weighted by Gasteiger charge is 2.51. The summed E-state index contributed by atoms with van der Waals surface area (Å²) < 4.78 is 33.5. The highest BCUT2D eigenvalue weighted by Crippen LogP contribution is 2.47. The van der Waals surface area contributed by atoms with Gasteiger partial charge in [-0.1, -0.05) is 141 Å². The van der Waals surface area contributed by atoms with Gasteiger partial charge in [0.2, 0.25) is 0 Å². The topological polar surface area (TPSA) is 210 Å². The minimum absolute atomic E-state index is 0.0942. The molecule has 1 saturated carbocycles. The highest BCUT2D eigenvalue weighted by atomic mass is 31.2. The molecule has 0 heterocycles. The molecule has 13 nitrogen and oxygen atoms in total. The number of unbranched alkanes of at least 4 members (excludes halogenated alkanes) is 21. The van der Waals surface area contributed by atoms with Crippen molar-refractivity contribution >= 4 is 19.8 Å². The van der Waals surface area contributed by atoms with Crippen molar-refractivity contribution in [2.24, 2.45) is 0 Å². The molecule has 6 unspecified atom stereocenters. The van der Waals surface area contributed by atoms with E-state index in [0.29, 0.717) is 12.8 Å². The molecule has 340 valence electrons. The first-order valence-corrected chi connectivity index (χ1v) is 24.1. The summed E-state index contributed by atoms with van der Waals surface area (Å²) >= 11 is 0. The fourth-order valence-electron chi connectivity index (χ4n) is 6.79. The van der Waals surface area contributed by atoms with Crippen LogP contribution in [0.15, 0.2) is 24.3 Å². The normalized spacial score (nSPS) is 22.7. The Morgan fingerprint density at radius 2 is 0.897 bits per heavy atom. The summed E-state index contributed by atoms with van der Waals surface area (Å²) in [4.78, 5) is 35.6. The van der Waals surface area contributed by atoms with E-state index in [1.54, 1.807) is 0 Å². The Bertz CT molecular complexity index is 1120. The van der Waals surface area contributed by atoms with Gasteiger partial charge in [0.1, 0.15) is 43.2 Å². The van der Waals surface area contributed by atoms with Gasteiger partial charge in [0, 0.05) is 12.8 Å². The van der Waals surface area contributed by atoms with E-state index in [-0.39, 0.29) is 12.8 Å². The molecule has 0 amide bonds. The average molecular weight is 849 g/mol. The van der Waals surface area contributed by atoms with Gasteiger partial charge in [0.05, 0.1) is 6.61 Å². The summed E-state index contributed by atoms with van der Waals surface area (Å²) in [7, 11) is -5.11. The summed E-state index contributed by atoms with van der Waals surface area (Å²) in [6.07, 6.45) is 23.7. The van der Waals surface area contributed by atoms with E-state index in [1.807, 2.05) is 0 Å². The molecular weight excluding hydrogens is 767 g/mol. The minimum Gasteiger partial charge on any atom is -0.462 e. The number of hydrogen-bond acceptors (Lipinski definition) is 12. The van der Waals surface area contributed by atoms with Crippen molar-refractivity contribution < 1.29 is 63.1 Å². The summed E-state index contributed by atoms with van der Waals surface area (Å²) in [6.45, 7) is 3.25. The number of carbonyl (C=O) groups is 2. The molecule has 8 atom stereocenters. The maximum absolute atomic E-state index is 12.8. The molecule has 14 heteroatoms. The largest absolute Gasteiger partial charge is 0.472 e. The third kappa shape index (κ3) is 27.2. The number of rotatable bonds is 37. The van der Waals surface area contributed by atoms with Gasteiger partial charge < -0.3 is 39.9 Å². The second-order valence-corrected chi connectivity index (χ2v) is 17.3. The van der Waals surface area contributed by atoms with Crippen molar-refractivity contribution in [3.63, 3.8) is 0 Å². The molecule has 1 fully saturated rings. The van der Waals surface area contributed by atoms with Crippen LogP contribution >= 0.6 is 7.82 Å². The zero-order valence-corrected chi connectivity index (χ0v) is 36.7. The van der Waals surface area contributed by atoms with Crippen molar-refractivity contribution in [2.75, 3.05) is 13.2 Å². The lowest BCUT2D eigenvalue weighted by Gasteiger charge is -2.41. The zero-order chi connectivity index (χ0) is 42.9. The maximum Gasteiger partial charge on any atom is 0.472 e. The fourth-order valence-corrected chi connectivity index (χ4v) is 7.76. The van der Waals surface area contributed by atoms with Crippen LogP contribution in [0.4, 0.5) is 0 Å². The number of esters is 2. The predicted molar refractivity (Wildman–Crippen MR) is 226 cm³/mol. The molecule has 0 aromatic rings. The van der Waals surface area contributed by atoms with E-state index < -0.39 is 75.7 Å². The van der Waals surface area contributed by atoms with Gasteiger partial charge in [0.25, 0.3) is 0 Å². The number of carbonyl (C=O) groups excluding carboxylic acids is 2. The minimum atomic E-state index is -5.11. The van der Waals surface area contributed by atoms with Crippen LogP contribution < -0.4 is 0 Å². The first kappa shape index (κ1) is 54.3. The van der Waals surface area contributed by atoms with Crippen LogP contribution in [-0.4, -0.2) is 98.3 Å². The van der Waals surface area contributed by atoms with E-state index in [9.17, 15) is 44.6 Å². The Balaban J connectivity index is 2.47. The molecule has 0 bridgehead atoms. The lowest BCUT2D eigenvalue weighted by atomic mass is 9.85. The first-order chi connectivity index (χ1) is 27.9. The summed E-state index contributed by atoms with van der Waals surface area (Å²) in [6, 6.07) is 0. The predicted octanol–water partition coefficient (Wildman–Crippen LogP) is 8.45. The molecule has 0 radical (unpaired) electrons. The molecule has 58 heavy (non-hydrogen) atoms. The molecule has 0 spiro atoms. The SMILES string of the molecule is CCCC/C=C/CCCCCCCCCCCC(=O)O[C@H](COC(=O)CCCCCCC/C=C/CCCCCCC)COP(=O)(O)OC1C(O)C(O)C(O)[C@H](O)C1O. The summed E-state index contributed by atoms with van der Waals surface area (Å²) in [5, 5.41) is 50.1. The van der Waals surface area contributed by atoms with Gasteiger partial charge in [-0.15, -0.1) is 0 Å². The van der Waals surface area contributed by atoms with Crippen molar-refractivity contribution in [3.05, 3.63) is 24.3 Å². The quantitative estimate of drug-likeness (QED) is 0.0150. The van der Waals surface area contributed by atoms with E-state index in [2.05, 4.69) is 38.2 Å². The van der Waals surface area contributed by atoms with Crippen LogP contribution in [-0.2, 0) is 32.7 Å². The van der Waals surface area contributed by atoms with Gasteiger partial charge in [-0.25, -0.2) is 4.57 Å². The molecule has 1 aliphatic rings. The Hall–Kier alpha value is -1.67. The van der Waals surface area contributed by atoms with Gasteiger partial charge in [-0.05, 0) is 57.8 Å². The molecule has 1 aliphatic carbocycles. The Morgan fingerprint density at radius 3 is 1.36 bits per heavy atom. The van der Waals surface area contributed by atoms with Crippen molar-refractivity contribution in [3.8, 4) is 0 Å². The zero-order valence-electron chi connectivity index (χ0n) is 35.8. The number of hydrogen-bond donors (Lipinski definition) is 6. The number of allylic oxidation sites excluding steroid dienone is 4. The van der Waals surface area contributed by atoms with Gasteiger partial charge in [-0.2, -0.15) is 0 Å². The number of aliphatic hydroxyl groups is 5. The van der Waals surface area contributed by atoms with Crippen LogP contribution in [0.25, 0.3) is 0 Å². The Morgan fingerprint density at radius 1 is 0.517 bits per heavy atom. The lowest BCUT2D eigenvalue weighted by molar-refractivity contribution is -0.220.